The summed E-state index contributed by atoms with van der Waals surface area (Å²) in [7, 11) is 0. The van der Waals surface area contributed by atoms with Gasteiger partial charge < -0.3 is 9.84 Å². The second kappa shape index (κ2) is 7.92. The highest BCUT2D eigenvalue weighted by atomic mass is 19.2. The van der Waals surface area contributed by atoms with Crippen molar-refractivity contribution in [2.75, 3.05) is 6.54 Å². The molecule has 0 saturated heterocycles. The minimum Gasteiger partial charge on any atom is -0.457 e. The maximum atomic E-state index is 13.8. The van der Waals surface area contributed by atoms with Gasteiger partial charge in [-0.05, 0) is 17.2 Å². The number of amides is 2. The van der Waals surface area contributed by atoms with Gasteiger partial charge in [-0.1, -0.05) is 12.1 Å². The van der Waals surface area contributed by atoms with Gasteiger partial charge in [0.05, 0.1) is 23.8 Å². The predicted molar refractivity (Wildman–Crippen MR) is 97.7 cm³/mol. The van der Waals surface area contributed by atoms with Crippen LogP contribution >= 0.6 is 0 Å². The molecule has 1 aliphatic heterocycles. The van der Waals surface area contributed by atoms with Gasteiger partial charge in [0.1, 0.15) is 0 Å². The Morgan fingerprint density at radius 1 is 1.09 bits per heavy atom. The van der Waals surface area contributed by atoms with Gasteiger partial charge in [0.25, 0.3) is 5.91 Å². The molecule has 0 spiro atoms. The van der Waals surface area contributed by atoms with Gasteiger partial charge in [-0.2, -0.15) is 8.78 Å². The van der Waals surface area contributed by atoms with Crippen molar-refractivity contribution < 1.29 is 46.3 Å². The molecule has 2 aromatic rings. The minimum atomic E-state index is -2.44. The molecule has 0 fully saturated rings. The molecule has 2 aromatic carbocycles. The lowest BCUT2D eigenvalue weighted by Gasteiger charge is -2.35. The number of aliphatic hydroxyl groups excluding tert-OH is 1. The van der Waals surface area contributed by atoms with E-state index in [0.29, 0.717) is 4.90 Å². The van der Waals surface area contributed by atoms with E-state index in [1.807, 2.05) is 0 Å². The quantitative estimate of drug-likeness (QED) is 0.137. The number of hydrogen-bond acceptors (Lipinski definition) is 6. The van der Waals surface area contributed by atoms with Crippen LogP contribution in [0.4, 0.5) is 22.0 Å². The first-order valence-electron chi connectivity index (χ1n) is 9.22. The number of halogens is 5. The van der Waals surface area contributed by atoms with Crippen LogP contribution in [0.25, 0.3) is 6.08 Å². The Labute approximate surface area is 180 Å². The minimum absolute atomic E-state index is 0.000759. The number of nitrogens with zero attached hydrogens (tertiary/aromatic N) is 2. The Balaban J connectivity index is 1.64. The monoisotopic (exact) mass is 470 g/mol. The Hall–Kier alpha value is -3.87. The molecule has 0 aromatic heterocycles. The van der Waals surface area contributed by atoms with E-state index >= 15 is 0 Å². The fourth-order valence-electron chi connectivity index (χ4n) is 3.80. The van der Waals surface area contributed by atoms with Crippen molar-refractivity contribution in [3.05, 3.63) is 79.8 Å². The average molecular weight is 470 g/mol. The van der Waals surface area contributed by atoms with E-state index in [0.717, 1.165) is 0 Å². The first-order valence-corrected chi connectivity index (χ1v) is 9.22. The number of imide groups is 1. The van der Waals surface area contributed by atoms with Gasteiger partial charge in [-0.3, -0.25) is 24.6 Å². The van der Waals surface area contributed by atoms with Crippen molar-refractivity contribution in [2.45, 2.75) is 18.6 Å². The van der Waals surface area contributed by atoms with Crippen LogP contribution in [0.15, 0.2) is 23.9 Å². The number of carbonyl (C=O) groups is 2. The number of nitro groups is 1. The van der Waals surface area contributed by atoms with Crippen molar-refractivity contribution in [1.82, 2.24) is 4.90 Å². The summed E-state index contributed by atoms with van der Waals surface area (Å²) < 4.78 is 71.9. The fraction of sp³-hybridized carbons (Fsp3) is 0.200. The Bertz CT molecular complexity index is 1230. The highest BCUT2D eigenvalue weighted by molar-refractivity contribution is 6.12. The second-order valence-electron chi connectivity index (χ2n) is 7.18. The predicted octanol–water partition coefficient (Wildman–Crippen LogP) is 2.87. The van der Waals surface area contributed by atoms with Gasteiger partial charge >= 0.3 is 0 Å². The molecule has 1 aliphatic carbocycles. The number of aliphatic hydroxyl groups is 1. The first kappa shape index (κ1) is 22.3. The molecule has 1 N–H and O–H groups in total. The molecule has 4 rings (SSSR count). The molecule has 13 heteroatoms. The Morgan fingerprint density at radius 2 is 1.70 bits per heavy atom. The summed E-state index contributed by atoms with van der Waals surface area (Å²) in [5.74, 6) is -16.6. The van der Waals surface area contributed by atoms with Crippen LogP contribution in [-0.4, -0.2) is 39.6 Å². The molecular formula is C20H11F5N2O6. The van der Waals surface area contributed by atoms with Crippen molar-refractivity contribution in [3.8, 4) is 5.75 Å². The summed E-state index contributed by atoms with van der Waals surface area (Å²) in [4.78, 5) is 36.7. The number of β-amino-alcohol motifs (C(OH)–C–C–N with tert-alkyl or cyclic N) is 1. The number of allylic oxidation sites excluding steroid dienone is 1. The Morgan fingerprint density at radius 3 is 2.30 bits per heavy atom. The summed E-state index contributed by atoms with van der Waals surface area (Å²) in [6.45, 7) is -1.05. The molecule has 2 unspecified atom stereocenters. The average Bonchev–Trinajstić information content (AvgIpc) is 2.79. The lowest BCUT2D eigenvalue weighted by molar-refractivity contribution is -0.426. The maximum Gasteiger partial charge on any atom is 0.261 e. The van der Waals surface area contributed by atoms with Crippen LogP contribution in [0, 0.1) is 39.2 Å². The molecule has 2 aliphatic rings. The molecule has 33 heavy (non-hydrogen) atoms. The van der Waals surface area contributed by atoms with E-state index in [4.69, 9.17) is 0 Å². The van der Waals surface area contributed by atoms with Crippen molar-refractivity contribution in [3.63, 3.8) is 0 Å². The number of rotatable bonds is 5. The highest BCUT2D eigenvalue weighted by Crippen LogP contribution is 2.41. The third-order valence-corrected chi connectivity index (χ3v) is 5.26. The normalized spacial score (nSPS) is 18.1. The molecule has 2 amide bonds. The molecule has 0 radical (unpaired) electrons. The first-order chi connectivity index (χ1) is 15.5. The molecule has 8 nitrogen and oxygen atoms in total. The van der Waals surface area contributed by atoms with Crippen LogP contribution in [0.2, 0.25) is 0 Å². The zero-order chi connectivity index (χ0) is 24.2. The van der Waals surface area contributed by atoms with E-state index in [-0.39, 0.29) is 28.8 Å². The summed E-state index contributed by atoms with van der Waals surface area (Å²) in [6.07, 6.45) is -1.52. The van der Waals surface area contributed by atoms with Gasteiger partial charge in [-0.15, -0.1) is 0 Å². The summed E-state index contributed by atoms with van der Waals surface area (Å²) >= 11 is 0. The van der Waals surface area contributed by atoms with Crippen molar-refractivity contribution >= 4 is 17.9 Å². The smallest absolute Gasteiger partial charge is 0.261 e. The summed E-state index contributed by atoms with van der Waals surface area (Å²) in [6, 6.07) is 4.24. The third kappa shape index (κ3) is 3.50. The van der Waals surface area contributed by atoms with Gasteiger partial charge in [0.15, 0.2) is 0 Å². The van der Waals surface area contributed by atoms with E-state index in [2.05, 4.69) is 4.74 Å². The van der Waals surface area contributed by atoms with E-state index in [9.17, 15) is 46.8 Å². The van der Waals surface area contributed by atoms with E-state index < -0.39 is 70.3 Å². The van der Waals surface area contributed by atoms with E-state index in [1.54, 1.807) is 0 Å². The van der Waals surface area contributed by atoms with E-state index in [1.165, 1.54) is 24.3 Å². The summed E-state index contributed by atoms with van der Waals surface area (Å²) in [5.41, 5.74) is 0.240. The Kier molecular flexibility index (Phi) is 5.36. The lowest BCUT2D eigenvalue weighted by atomic mass is 9.79. The number of carbonyl (C=O) groups excluding carboxylic acids is 2. The van der Waals surface area contributed by atoms with Crippen LogP contribution in [0.5, 0.6) is 5.75 Å². The van der Waals surface area contributed by atoms with Crippen molar-refractivity contribution in [2.24, 2.45) is 0 Å². The molecule has 0 bridgehead atoms. The van der Waals surface area contributed by atoms with Crippen LogP contribution in [0.3, 0.4) is 0 Å². The van der Waals surface area contributed by atoms with Crippen molar-refractivity contribution in [1.29, 1.82) is 0 Å². The number of hydrogen-bond donors (Lipinski definition) is 1. The largest absolute Gasteiger partial charge is 0.457 e. The molecule has 1 heterocycles. The molecule has 0 saturated carbocycles. The number of benzene rings is 2. The van der Waals surface area contributed by atoms with Crippen LogP contribution < -0.4 is 4.74 Å². The molecule has 2 atom stereocenters. The van der Waals surface area contributed by atoms with Gasteiger partial charge in [-0.25, -0.2) is 13.2 Å². The maximum absolute atomic E-state index is 13.8. The molecular weight excluding hydrogens is 459 g/mol. The number of ether oxygens (including phenoxy) is 1. The third-order valence-electron chi connectivity index (χ3n) is 5.26. The second-order valence-corrected chi connectivity index (χ2v) is 7.18. The van der Waals surface area contributed by atoms with Gasteiger partial charge in [0.2, 0.25) is 52.7 Å². The topological polar surface area (TPSA) is 110 Å². The lowest BCUT2D eigenvalue weighted by Crippen LogP contribution is -2.49. The fourth-order valence-corrected chi connectivity index (χ4v) is 3.80. The van der Waals surface area contributed by atoms with Crippen LogP contribution in [-0.2, 0) is 4.79 Å². The van der Waals surface area contributed by atoms with Gasteiger partial charge in [0, 0.05) is 11.6 Å². The SMILES string of the molecule is O=C1c2cccc3c2C(CC([N+](=O)[O-])=C3)C(=O)N1CC(O)Oc1c(F)c(F)c(F)c(F)c1F. The zero-order valence-corrected chi connectivity index (χ0v) is 16.2. The molecule has 172 valence electrons. The van der Waals surface area contributed by atoms with Crippen LogP contribution in [0.1, 0.15) is 33.8 Å². The standard InChI is InChI=1S/C20H11F5N2O6/c21-13-14(22)16(24)18(17(25)15(13)23)33-11(28)6-26-19(29)9-3-1-2-7-4-8(27(31)32)5-10(12(7)9)20(26)30/h1-4,10-11,28H,5-6H2. The summed E-state index contributed by atoms with van der Waals surface area (Å²) in [5, 5.41) is 21.3. The zero-order valence-electron chi connectivity index (χ0n) is 16.2. The highest BCUT2D eigenvalue weighted by Gasteiger charge is 2.44.